The third-order valence-electron chi connectivity index (χ3n) is 6.98. The van der Waals surface area contributed by atoms with Crippen molar-refractivity contribution in [2.75, 3.05) is 32.8 Å². The molecule has 4 rings (SSSR count). The van der Waals surface area contributed by atoms with E-state index in [-0.39, 0.29) is 17.9 Å². The summed E-state index contributed by atoms with van der Waals surface area (Å²) in [6.45, 7) is 6.38. The second-order valence-electron chi connectivity index (χ2n) is 9.75. The Balaban J connectivity index is 1.53. The Morgan fingerprint density at radius 2 is 1.91 bits per heavy atom. The number of carbonyl (C=O) groups is 2. The third kappa shape index (κ3) is 5.55. The number of nitrogens with zero attached hydrogens (tertiary/aromatic N) is 3. The molecular weight excluding hydrogens is 456 g/mol. The molecule has 34 heavy (non-hydrogen) atoms. The second-order valence-corrected chi connectivity index (χ2v) is 10.1. The number of halogens is 1. The molecule has 2 saturated heterocycles. The molecule has 9 heteroatoms. The number of rotatable bonds is 6. The van der Waals surface area contributed by atoms with Gasteiger partial charge in [-0.25, -0.2) is 0 Å². The maximum Gasteiger partial charge on any atom is 0.271 e. The molecule has 1 aromatic heterocycles. The standard InChI is InChI=1S/C25H33ClN4O4/c1-17-12-20(13-18(2)23(17)26)34-16-25(14-22(32)29-10-5-19(31)6-11-29)7-3-9-30(15-25)24(33)21-4-8-27-28-21/h4,8,12-13,19,31H,3,5-7,9-11,14-16H2,1-2H3,(H,27,28)/t25-/m1/s1. The van der Waals surface area contributed by atoms with E-state index in [1.54, 1.807) is 17.2 Å². The summed E-state index contributed by atoms with van der Waals surface area (Å²) in [4.78, 5) is 30.0. The quantitative estimate of drug-likeness (QED) is 0.649. The molecule has 8 nitrogen and oxygen atoms in total. The van der Waals surface area contributed by atoms with Gasteiger partial charge < -0.3 is 19.6 Å². The van der Waals surface area contributed by atoms with Crippen LogP contribution in [0.2, 0.25) is 5.02 Å². The number of likely N-dealkylation sites (tertiary alicyclic amines) is 2. The van der Waals surface area contributed by atoms with E-state index < -0.39 is 5.41 Å². The van der Waals surface area contributed by atoms with Crippen molar-refractivity contribution in [3.63, 3.8) is 0 Å². The number of nitrogens with one attached hydrogen (secondary N) is 1. The van der Waals surface area contributed by atoms with Crippen molar-refractivity contribution in [3.8, 4) is 5.75 Å². The van der Waals surface area contributed by atoms with Gasteiger partial charge in [0.15, 0.2) is 0 Å². The number of aliphatic hydroxyl groups excluding tert-OH is 1. The Morgan fingerprint density at radius 3 is 2.56 bits per heavy atom. The molecule has 0 radical (unpaired) electrons. The zero-order valence-corrected chi connectivity index (χ0v) is 20.6. The molecule has 0 bridgehead atoms. The number of aliphatic hydroxyl groups is 1. The highest BCUT2D eigenvalue weighted by molar-refractivity contribution is 6.32. The van der Waals surface area contributed by atoms with Gasteiger partial charge in [0, 0.05) is 49.2 Å². The largest absolute Gasteiger partial charge is 0.493 e. The lowest BCUT2D eigenvalue weighted by atomic mass is 9.77. The van der Waals surface area contributed by atoms with Crippen molar-refractivity contribution in [2.45, 2.75) is 52.1 Å². The predicted octanol–water partition coefficient (Wildman–Crippen LogP) is 3.35. The molecular formula is C25H33ClN4O4. The summed E-state index contributed by atoms with van der Waals surface area (Å²) in [6, 6.07) is 5.49. The number of carbonyl (C=O) groups excluding carboxylic acids is 2. The van der Waals surface area contributed by atoms with Gasteiger partial charge in [0.05, 0.1) is 12.7 Å². The number of aryl methyl sites for hydroxylation is 2. The first kappa shape index (κ1) is 24.5. The molecule has 184 valence electrons. The average molecular weight is 489 g/mol. The lowest BCUT2D eigenvalue weighted by Gasteiger charge is -2.43. The van der Waals surface area contributed by atoms with Crippen molar-refractivity contribution < 1.29 is 19.4 Å². The van der Waals surface area contributed by atoms with Crippen LogP contribution in [0.25, 0.3) is 0 Å². The van der Waals surface area contributed by atoms with E-state index in [9.17, 15) is 14.7 Å². The van der Waals surface area contributed by atoms with Crippen molar-refractivity contribution in [1.82, 2.24) is 20.0 Å². The summed E-state index contributed by atoms with van der Waals surface area (Å²) >= 11 is 6.32. The van der Waals surface area contributed by atoms with Crippen LogP contribution in [-0.2, 0) is 4.79 Å². The highest BCUT2D eigenvalue weighted by atomic mass is 35.5. The Labute approximate surface area is 205 Å². The molecule has 2 aromatic rings. The minimum atomic E-state index is -0.511. The fourth-order valence-electron chi connectivity index (χ4n) is 5.01. The van der Waals surface area contributed by atoms with Gasteiger partial charge in [0.2, 0.25) is 5.91 Å². The Bertz CT molecular complexity index is 997. The molecule has 1 atom stereocenters. The summed E-state index contributed by atoms with van der Waals surface area (Å²) in [5.74, 6) is 0.646. The predicted molar refractivity (Wildman–Crippen MR) is 129 cm³/mol. The van der Waals surface area contributed by atoms with E-state index in [1.165, 1.54) is 0 Å². The summed E-state index contributed by atoms with van der Waals surface area (Å²) in [5, 5.41) is 17.2. The fraction of sp³-hybridized carbons (Fsp3) is 0.560. The van der Waals surface area contributed by atoms with Crippen LogP contribution in [0.1, 0.15) is 53.7 Å². The van der Waals surface area contributed by atoms with Crippen LogP contribution in [0.5, 0.6) is 5.75 Å². The van der Waals surface area contributed by atoms with E-state index in [0.717, 1.165) is 29.0 Å². The number of hydrogen-bond acceptors (Lipinski definition) is 5. The van der Waals surface area contributed by atoms with Crippen LogP contribution in [0.15, 0.2) is 24.4 Å². The third-order valence-corrected chi connectivity index (χ3v) is 7.57. The van der Waals surface area contributed by atoms with Crippen molar-refractivity contribution in [2.24, 2.45) is 5.41 Å². The minimum Gasteiger partial charge on any atom is -0.493 e. The van der Waals surface area contributed by atoms with E-state index in [0.29, 0.717) is 63.5 Å². The molecule has 0 unspecified atom stereocenters. The molecule has 2 aliphatic rings. The lowest BCUT2D eigenvalue weighted by molar-refractivity contribution is -0.137. The molecule has 2 fully saturated rings. The highest BCUT2D eigenvalue weighted by Gasteiger charge is 2.41. The first-order valence-corrected chi connectivity index (χ1v) is 12.3. The van der Waals surface area contributed by atoms with Gasteiger partial charge in [-0.1, -0.05) is 11.6 Å². The first-order valence-electron chi connectivity index (χ1n) is 11.9. The molecule has 0 spiro atoms. The van der Waals surface area contributed by atoms with Crippen LogP contribution < -0.4 is 4.74 Å². The molecule has 0 saturated carbocycles. The van der Waals surface area contributed by atoms with Gasteiger partial charge in [-0.15, -0.1) is 0 Å². The van der Waals surface area contributed by atoms with Gasteiger partial charge in [-0.2, -0.15) is 5.10 Å². The van der Waals surface area contributed by atoms with Crippen LogP contribution in [-0.4, -0.2) is 75.8 Å². The number of ether oxygens (including phenoxy) is 1. The highest BCUT2D eigenvalue weighted by Crippen LogP contribution is 2.37. The van der Waals surface area contributed by atoms with Gasteiger partial charge in [-0.05, 0) is 68.9 Å². The topological polar surface area (TPSA) is 98.8 Å². The van der Waals surface area contributed by atoms with Crippen molar-refractivity contribution in [1.29, 1.82) is 0 Å². The fourth-order valence-corrected chi connectivity index (χ4v) is 5.12. The normalized spacial score (nSPS) is 21.5. The van der Waals surface area contributed by atoms with Gasteiger partial charge >= 0.3 is 0 Å². The Kier molecular flexibility index (Phi) is 7.48. The average Bonchev–Trinajstić information content (AvgIpc) is 3.36. The van der Waals surface area contributed by atoms with Gasteiger partial charge in [0.25, 0.3) is 5.91 Å². The van der Waals surface area contributed by atoms with E-state index in [1.807, 2.05) is 30.9 Å². The lowest BCUT2D eigenvalue weighted by Crippen LogP contribution is -2.51. The Hall–Kier alpha value is -2.58. The minimum absolute atomic E-state index is 0.0507. The van der Waals surface area contributed by atoms with Crippen LogP contribution in [0, 0.1) is 19.3 Å². The van der Waals surface area contributed by atoms with Crippen LogP contribution >= 0.6 is 11.6 Å². The maximum atomic E-state index is 13.3. The van der Waals surface area contributed by atoms with Gasteiger partial charge in [0.1, 0.15) is 11.4 Å². The maximum absolute atomic E-state index is 13.3. The summed E-state index contributed by atoms with van der Waals surface area (Å²) < 4.78 is 6.26. The second kappa shape index (κ2) is 10.4. The Morgan fingerprint density at radius 1 is 1.21 bits per heavy atom. The van der Waals surface area contributed by atoms with Crippen molar-refractivity contribution in [3.05, 3.63) is 46.2 Å². The number of aromatic amines is 1. The number of aromatic nitrogens is 2. The zero-order valence-electron chi connectivity index (χ0n) is 19.8. The monoisotopic (exact) mass is 488 g/mol. The number of piperidine rings is 2. The number of benzene rings is 1. The van der Waals surface area contributed by atoms with E-state index in [4.69, 9.17) is 16.3 Å². The first-order chi connectivity index (χ1) is 16.3. The number of H-pyrrole nitrogens is 1. The molecule has 1 aromatic carbocycles. The number of hydrogen-bond donors (Lipinski definition) is 2. The summed E-state index contributed by atoms with van der Waals surface area (Å²) in [6.07, 6.45) is 4.29. The zero-order chi connectivity index (χ0) is 24.3. The summed E-state index contributed by atoms with van der Waals surface area (Å²) in [5.41, 5.74) is 1.81. The molecule has 3 heterocycles. The molecule has 2 aliphatic heterocycles. The van der Waals surface area contributed by atoms with Crippen molar-refractivity contribution >= 4 is 23.4 Å². The molecule has 2 amide bonds. The van der Waals surface area contributed by atoms with E-state index >= 15 is 0 Å². The van der Waals surface area contributed by atoms with Gasteiger partial charge in [-0.3, -0.25) is 14.7 Å². The van der Waals surface area contributed by atoms with Crippen LogP contribution in [0.3, 0.4) is 0 Å². The van der Waals surface area contributed by atoms with E-state index in [2.05, 4.69) is 10.2 Å². The summed E-state index contributed by atoms with van der Waals surface area (Å²) in [7, 11) is 0. The smallest absolute Gasteiger partial charge is 0.271 e. The number of amides is 2. The molecule has 2 N–H and O–H groups in total. The SMILES string of the molecule is Cc1cc(OC[C@@]2(CC(=O)N3CCC(O)CC3)CCCN(C(=O)c3ccn[nH]3)C2)cc(C)c1Cl. The van der Waals surface area contributed by atoms with Crippen LogP contribution in [0.4, 0.5) is 0 Å². The molecule has 0 aliphatic carbocycles.